The summed E-state index contributed by atoms with van der Waals surface area (Å²) in [5.74, 6) is -0.869. The number of carboxylic acids is 1. The molecule has 1 aliphatic heterocycles. The van der Waals surface area contributed by atoms with Crippen LogP contribution in [0, 0.1) is 0 Å². The van der Waals surface area contributed by atoms with E-state index in [-0.39, 0.29) is 0 Å². The topological polar surface area (TPSA) is 43.8 Å². The SMILES string of the molecule is CN1CCN(c2ccc(C(=O)O)c3ccccc23)CC1. The molecule has 1 N–H and O–H groups in total. The molecule has 0 bridgehead atoms. The van der Waals surface area contributed by atoms with Crippen LogP contribution in [-0.4, -0.2) is 49.2 Å². The first kappa shape index (κ1) is 12.9. The van der Waals surface area contributed by atoms with Gasteiger partial charge in [-0.2, -0.15) is 0 Å². The minimum atomic E-state index is -0.869. The van der Waals surface area contributed by atoms with Gasteiger partial charge in [0.2, 0.25) is 0 Å². The Kier molecular flexibility index (Phi) is 3.32. The number of carbonyl (C=O) groups is 1. The number of nitrogens with zero attached hydrogens (tertiary/aromatic N) is 2. The first-order valence-corrected chi connectivity index (χ1v) is 6.85. The molecule has 1 saturated heterocycles. The Bertz CT molecular complexity index is 646. The Balaban J connectivity index is 2.08. The van der Waals surface area contributed by atoms with E-state index in [0.717, 1.165) is 42.6 Å². The molecule has 0 unspecified atom stereocenters. The van der Waals surface area contributed by atoms with Gasteiger partial charge in [0.15, 0.2) is 0 Å². The van der Waals surface area contributed by atoms with Gasteiger partial charge in [-0.05, 0) is 24.6 Å². The molecular formula is C16H18N2O2. The molecule has 0 radical (unpaired) electrons. The summed E-state index contributed by atoms with van der Waals surface area (Å²) in [5, 5.41) is 11.1. The van der Waals surface area contributed by atoms with Crippen LogP contribution in [0.25, 0.3) is 10.8 Å². The molecule has 3 rings (SSSR count). The van der Waals surface area contributed by atoms with Crippen molar-refractivity contribution in [1.29, 1.82) is 0 Å². The predicted octanol–water partition coefficient (Wildman–Crippen LogP) is 2.29. The van der Waals surface area contributed by atoms with Gasteiger partial charge in [0, 0.05) is 37.3 Å². The molecule has 2 aromatic carbocycles. The average molecular weight is 270 g/mol. The van der Waals surface area contributed by atoms with E-state index in [2.05, 4.69) is 16.8 Å². The van der Waals surface area contributed by atoms with Gasteiger partial charge in [-0.1, -0.05) is 24.3 Å². The first-order valence-electron chi connectivity index (χ1n) is 6.85. The summed E-state index contributed by atoms with van der Waals surface area (Å²) in [6.45, 7) is 4.03. The lowest BCUT2D eigenvalue weighted by Crippen LogP contribution is -2.44. The maximum Gasteiger partial charge on any atom is 0.336 e. The van der Waals surface area contributed by atoms with Crippen LogP contribution in [0.1, 0.15) is 10.4 Å². The summed E-state index contributed by atoms with van der Waals surface area (Å²) in [4.78, 5) is 16.0. The number of fused-ring (bicyclic) bond motifs is 1. The van der Waals surface area contributed by atoms with E-state index in [1.165, 1.54) is 0 Å². The summed E-state index contributed by atoms with van der Waals surface area (Å²) in [6, 6.07) is 11.4. The molecular weight excluding hydrogens is 252 g/mol. The van der Waals surface area contributed by atoms with Gasteiger partial charge in [-0.15, -0.1) is 0 Å². The number of hydrogen-bond acceptors (Lipinski definition) is 3. The number of aromatic carboxylic acids is 1. The Morgan fingerprint density at radius 1 is 1.00 bits per heavy atom. The zero-order valence-electron chi connectivity index (χ0n) is 11.5. The normalized spacial score (nSPS) is 16.6. The Labute approximate surface area is 118 Å². The Hall–Kier alpha value is -2.07. The van der Waals surface area contributed by atoms with Crippen molar-refractivity contribution in [2.45, 2.75) is 0 Å². The van der Waals surface area contributed by atoms with Crippen molar-refractivity contribution < 1.29 is 9.90 Å². The molecule has 0 amide bonds. The third-order valence-corrected chi connectivity index (χ3v) is 3.98. The summed E-state index contributed by atoms with van der Waals surface area (Å²) in [6.07, 6.45) is 0. The predicted molar refractivity (Wildman–Crippen MR) is 80.6 cm³/mol. The molecule has 1 heterocycles. The molecule has 4 nitrogen and oxygen atoms in total. The zero-order valence-corrected chi connectivity index (χ0v) is 11.5. The van der Waals surface area contributed by atoms with Crippen LogP contribution in [-0.2, 0) is 0 Å². The third kappa shape index (κ3) is 2.23. The van der Waals surface area contributed by atoms with Crippen LogP contribution >= 0.6 is 0 Å². The number of likely N-dealkylation sites (N-methyl/N-ethyl adjacent to an activating group) is 1. The highest BCUT2D eigenvalue weighted by Crippen LogP contribution is 2.30. The van der Waals surface area contributed by atoms with E-state index >= 15 is 0 Å². The lowest BCUT2D eigenvalue weighted by atomic mass is 10.0. The van der Waals surface area contributed by atoms with Crippen molar-refractivity contribution in [2.75, 3.05) is 38.1 Å². The second kappa shape index (κ2) is 5.13. The molecule has 4 heteroatoms. The maximum absolute atomic E-state index is 11.3. The zero-order chi connectivity index (χ0) is 14.1. The van der Waals surface area contributed by atoms with Gasteiger partial charge in [-0.25, -0.2) is 4.79 Å². The fraction of sp³-hybridized carbons (Fsp3) is 0.312. The monoisotopic (exact) mass is 270 g/mol. The fourth-order valence-electron chi connectivity index (χ4n) is 2.79. The van der Waals surface area contributed by atoms with Crippen LogP contribution in [0.4, 0.5) is 5.69 Å². The average Bonchev–Trinajstić information content (AvgIpc) is 2.47. The minimum Gasteiger partial charge on any atom is -0.478 e. The van der Waals surface area contributed by atoms with Crippen molar-refractivity contribution in [1.82, 2.24) is 4.90 Å². The highest BCUT2D eigenvalue weighted by atomic mass is 16.4. The number of anilines is 1. The van der Waals surface area contributed by atoms with Crippen LogP contribution < -0.4 is 4.90 Å². The van der Waals surface area contributed by atoms with Gasteiger partial charge < -0.3 is 14.9 Å². The minimum absolute atomic E-state index is 0.374. The van der Waals surface area contributed by atoms with Gasteiger partial charge >= 0.3 is 5.97 Å². The summed E-state index contributed by atoms with van der Waals surface area (Å²) >= 11 is 0. The van der Waals surface area contributed by atoms with Gasteiger partial charge in [0.1, 0.15) is 0 Å². The summed E-state index contributed by atoms with van der Waals surface area (Å²) < 4.78 is 0. The smallest absolute Gasteiger partial charge is 0.336 e. The van der Waals surface area contributed by atoms with Gasteiger partial charge in [0.05, 0.1) is 5.56 Å². The lowest BCUT2D eigenvalue weighted by molar-refractivity contribution is 0.0699. The Morgan fingerprint density at radius 3 is 2.30 bits per heavy atom. The largest absolute Gasteiger partial charge is 0.478 e. The van der Waals surface area contributed by atoms with Gasteiger partial charge in [-0.3, -0.25) is 0 Å². The van der Waals surface area contributed by atoms with E-state index < -0.39 is 5.97 Å². The van der Waals surface area contributed by atoms with Crippen molar-refractivity contribution in [3.05, 3.63) is 42.0 Å². The molecule has 0 aliphatic carbocycles. The van der Waals surface area contributed by atoms with E-state index in [1.54, 1.807) is 6.07 Å². The van der Waals surface area contributed by atoms with Crippen LogP contribution in [0.2, 0.25) is 0 Å². The van der Waals surface area contributed by atoms with Crippen LogP contribution in [0.5, 0.6) is 0 Å². The molecule has 20 heavy (non-hydrogen) atoms. The molecule has 0 aromatic heterocycles. The molecule has 1 aliphatic rings. The summed E-state index contributed by atoms with van der Waals surface area (Å²) in [5.41, 5.74) is 1.51. The molecule has 1 fully saturated rings. The van der Waals surface area contributed by atoms with E-state index in [1.807, 2.05) is 30.3 Å². The standard InChI is InChI=1S/C16H18N2O2/c1-17-8-10-18(11-9-17)15-7-6-14(16(19)20)12-4-2-3-5-13(12)15/h2-7H,8-11H2,1H3,(H,19,20). The molecule has 0 atom stereocenters. The van der Waals surface area contributed by atoms with Crippen LogP contribution in [0.15, 0.2) is 36.4 Å². The summed E-state index contributed by atoms with van der Waals surface area (Å²) in [7, 11) is 2.13. The second-order valence-corrected chi connectivity index (χ2v) is 5.27. The Morgan fingerprint density at radius 2 is 1.65 bits per heavy atom. The number of carboxylic acid groups (broad SMARTS) is 1. The van der Waals surface area contributed by atoms with Crippen molar-refractivity contribution in [2.24, 2.45) is 0 Å². The quantitative estimate of drug-likeness (QED) is 0.909. The number of piperazine rings is 1. The van der Waals surface area contributed by atoms with Crippen molar-refractivity contribution >= 4 is 22.4 Å². The molecule has 0 spiro atoms. The van der Waals surface area contributed by atoms with E-state index in [0.29, 0.717) is 5.56 Å². The fourth-order valence-corrected chi connectivity index (χ4v) is 2.79. The molecule has 104 valence electrons. The number of hydrogen-bond donors (Lipinski definition) is 1. The van der Waals surface area contributed by atoms with Crippen LogP contribution in [0.3, 0.4) is 0 Å². The molecule has 0 saturated carbocycles. The van der Waals surface area contributed by atoms with Crippen molar-refractivity contribution in [3.63, 3.8) is 0 Å². The van der Waals surface area contributed by atoms with Crippen molar-refractivity contribution in [3.8, 4) is 0 Å². The van der Waals surface area contributed by atoms with E-state index in [9.17, 15) is 9.90 Å². The van der Waals surface area contributed by atoms with Gasteiger partial charge in [0.25, 0.3) is 0 Å². The number of rotatable bonds is 2. The lowest BCUT2D eigenvalue weighted by Gasteiger charge is -2.34. The first-order chi connectivity index (χ1) is 9.66. The second-order valence-electron chi connectivity index (χ2n) is 5.27. The number of benzene rings is 2. The third-order valence-electron chi connectivity index (χ3n) is 3.98. The maximum atomic E-state index is 11.3. The highest BCUT2D eigenvalue weighted by Gasteiger charge is 2.18. The highest BCUT2D eigenvalue weighted by molar-refractivity contribution is 6.07. The molecule has 2 aromatic rings. The van der Waals surface area contributed by atoms with E-state index in [4.69, 9.17) is 0 Å².